The van der Waals surface area contributed by atoms with Crippen LogP contribution in [0.4, 0.5) is 22.7 Å². The molecule has 0 aliphatic heterocycles. The number of nitrogens with one attached hydrogen (secondary N) is 3. The van der Waals surface area contributed by atoms with Crippen molar-refractivity contribution in [2.45, 2.75) is 13.8 Å². The van der Waals surface area contributed by atoms with Crippen LogP contribution in [0.1, 0.15) is 22.8 Å². The van der Waals surface area contributed by atoms with Crippen LogP contribution >= 0.6 is 11.6 Å². The second-order valence-electron chi connectivity index (χ2n) is 6.26. The quantitative estimate of drug-likeness (QED) is 0.568. The van der Waals surface area contributed by atoms with E-state index in [1.807, 2.05) is 25.1 Å². The van der Waals surface area contributed by atoms with Crippen molar-refractivity contribution in [1.82, 2.24) is 4.98 Å². The van der Waals surface area contributed by atoms with E-state index in [2.05, 4.69) is 20.9 Å². The summed E-state index contributed by atoms with van der Waals surface area (Å²) in [6.45, 7) is 3.36. The maximum atomic E-state index is 12.5. The molecule has 2 aromatic carbocycles. The van der Waals surface area contributed by atoms with Crippen LogP contribution in [0.25, 0.3) is 0 Å². The van der Waals surface area contributed by atoms with Gasteiger partial charge in [0.1, 0.15) is 0 Å². The Hall–Kier alpha value is -3.38. The normalized spacial score (nSPS) is 10.2. The third kappa shape index (κ3) is 5.08. The topological polar surface area (TPSA) is 83.1 Å². The molecule has 1 aromatic heterocycles. The molecule has 0 radical (unpaired) electrons. The molecule has 28 heavy (non-hydrogen) atoms. The molecule has 142 valence electrons. The fourth-order valence-corrected chi connectivity index (χ4v) is 2.69. The second kappa shape index (κ2) is 8.54. The van der Waals surface area contributed by atoms with Gasteiger partial charge in [0.25, 0.3) is 5.91 Å². The van der Waals surface area contributed by atoms with Crippen LogP contribution in [0.15, 0.2) is 60.9 Å². The molecule has 0 spiro atoms. The highest BCUT2D eigenvalue weighted by Gasteiger charge is 2.09. The molecule has 3 N–H and O–H groups in total. The fourth-order valence-electron chi connectivity index (χ4n) is 2.51. The van der Waals surface area contributed by atoms with Crippen LogP contribution in [0.5, 0.6) is 0 Å². The SMILES string of the molecule is CC(=O)Nc1ccc(Nc2cncc(C(=O)Nc3ccc(C)c(Cl)c3)c2)cc1. The average Bonchev–Trinajstić information content (AvgIpc) is 2.66. The van der Waals surface area contributed by atoms with E-state index >= 15 is 0 Å². The van der Waals surface area contributed by atoms with Crippen molar-refractivity contribution < 1.29 is 9.59 Å². The first kappa shape index (κ1) is 19.4. The average molecular weight is 395 g/mol. The minimum atomic E-state index is -0.280. The van der Waals surface area contributed by atoms with E-state index in [0.717, 1.165) is 11.3 Å². The lowest BCUT2D eigenvalue weighted by Crippen LogP contribution is -2.12. The summed E-state index contributed by atoms with van der Waals surface area (Å²) in [5.41, 5.74) is 4.16. The zero-order valence-electron chi connectivity index (χ0n) is 15.4. The Balaban J connectivity index is 1.70. The van der Waals surface area contributed by atoms with Crippen molar-refractivity contribution in [3.63, 3.8) is 0 Å². The van der Waals surface area contributed by atoms with E-state index < -0.39 is 0 Å². The summed E-state index contributed by atoms with van der Waals surface area (Å²) in [5.74, 6) is -0.407. The number of benzene rings is 2. The zero-order valence-corrected chi connectivity index (χ0v) is 16.2. The van der Waals surface area contributed by atoms with Crippen LogP contribution < -0.4 is 16.0 Å². The van der Waals surface area contributed by atoms with Gasteiger partial charge in [0.2, 0.25) is 5.91 Å². The Morgan fingerprint density at radius 1 is 0.857 bits per heavy atom. The Kier molecular flexibility index (Phi) is 5.91. The lowest BCUT2D eigenvalue weighted by molar-refractivity contribution is -0.114. The number of aryl methyl sites for hydroxylation is 1. The summed E-state index contributed by atoms with van der Waals surface area (Å²) in [5, 5.41) is 9.30. The van der Waals surface area contributed by atoms with Crippen LogP contribution in [0.2, 0.25) is 5.02 Å². The van der Waals surface area contributed by atoms with Gasteiger partial charge in [0.15, 0.2) is 0 Å². The number of pyridine rings is 1. The number of halogens is 1. The molecule has 1 heterocycles. The fraction of sp³-hybridized carbons (Fsp3) is 0.0952. The molecule has 2 amide bonds. The van der Waals surface area contributed by atoms with E-state index in [1.54, 1.807) is 36.5 Å². The lowest BCUT2D eigenvalue weighted by Gasteiger charge is -2.10. The van der Waals surface area contributed by atoms with Crippen LogP contribution in [-0.2, 0) is 4.79 Å². The first-order valence-electron chi connectivity index (χ1n) is 8.58. The molecule has 3 rings (SSSR count). The molecular weight excluding hydrogens is 376 g/mol. The second-order valence-corrected chi connectivity index (χ2v) is 6.67. The molecule has 0 atom stereocenters. The van der Waals surface area contributed by atoms with Crippen molar-refractivity contribution in [3.05, 3.63) is 77.1 Å². The Bertz CT molecular complexity index is 1020. The Morgan fingerprint density at radius 3 is 2.21 bits per heavy atom. The molecule has 0 saturated carbocycles. The zero-order chi connectivity index (χ0) is 20.1. The summed E-state index contributed by atoms with van der Waals surface area (Å²) < 4.78 is 0. The summed E-state index contributed by atoms with van der Waals surface area (Å²) in [4.78, 5) is 27.7. The number of aromatic nitrogens is 1. The van der Waals surface area contributed by atoms with Gasteiger partial charge in [0, 0.05) is 35.2 Å². The number of amides is 2. The largest absolute Gasteiger partial charge is 0.354 e. The molecule has 0 aliphatic carbocycles. The third-order valence-corrected chi connectivity index (χ3v) is 4.33. The van der Waals surface area contributed by atoms with Gasteiger partial charge in [-0.15, -0.1) is 0 Å². The molecular formula is C21H19ClN4O2. The van der Waals surface area contributed by atoms with E-state index in [-0.39, 0.29) is 11.8 Å². The van der Waals surface area contributed by atoms with Gasteiger partial charge in [-0.3, -0.25) is 14.6 Å². The van der Waals surface area contributed by atoms with Crippen molar-refractivity contribution in [1.29, 1.82) is 0 Å². The molecule has 0 aliphatic rings. The molecule has 0 fully saturated rings. The van der Waals surface area contributed by atoms with Gasteiger partial charge in [-0.25, -0.2) is 0 Å². The minimum Gasteiger partial charge on any atom is -0.354 e. The van der Waals surface area contributed by atoms with Gasteiger partial charge in [-0.05, 0) is 55.0 Å². The van der Waals surface area contributed by atoms with Gasteiger partial charge in [0.05, 0.1) is 17.4 Å². The summed E-state index contributed by atoms with van der Waals surface area (Å²) >= 11 is 6.10. The number of nitrogens with zero attached hydrogens (tertiary/aromatic N) is 1. The van der Waals surface area contributed by atoms with Crippen molar-refractivity contribution in [2.24, 2.45) is 0 Å². The summed E-state index contributed by atoms with van der Waals surface area (Å²) in [6.07, 6.45) is 3.12. The van der Waals surface area contributed by atoms with Crippen molar-refractivity contribution in [2.75, 3.05) is 16.0 Å². The van der Waals surface area contributed by atoms with Crippen LogP contribution in [-0.4, -0.2) is 16.8 Å². The maximum Gasteiger partial charge on any atom is 0.257 e. The van der Waals surface area contributed by atoms with Gasteiger partial charge in [-0.2, -0.15) is 0 Å². The molecule has 7 heteroatoms. The first-order valence-corrected chi connectivity index (χ1v) is 8.96. The van der Waals surface area contributed by atoms with E-state index in [1.165, 1.54) is 13.1 Å². The highest BCUT2D eigenvalue weighted by molar-refractivity contribution is 6.31. The standard InChI is InChI=1S/C21H19ClN4O2/c1-13-3-4-18(10-20(13)22)26-21(28)15-9-19(12-23-11-15)25-17-7-5-16(6-8-17)24-14(2)27/h3-12,25H,1-2H3,(H,24,27)(H,26,28). The Labute approximate surface area is 168 Å². The smallest absolute Gasteiger partial charge is 0.257 e. The number of hydrogen-bond acceptors (Lipinski definition) is 4. The number of anilines is 4. The first-order chi connectivity index (χ1) is 13.4. The predicted molar refractivity (Wildman–Crippen MR) is 112 cm³/mol. The van der Waals surface area contributed by atoms with Gasteiger partial charge in [-0.1, -0.05) is 17.7 Å². The molecule has 0 saturated heterocycles. The maximum absolute atomic E-state index is 12.5. The highest BCUT2D eigenvalue weighted by Crippen LogP contribution is 2.22. The van der Waals surface area contributed by atoms with Crippen LogP contribution in [0, 0.1) is 6.92 Å². The predicted octanol–water partition coefficient (Wildman–Crippen LogP) is 5.00. The van der Waals surface area contributed by atoms with Crippen molar-refractivity contribution in [3.8, 4) is 0 Å². The van der Waals surface area contributed by atoms with Gasteiger partial charge >= 0.3 is 0 Å². The molecule has 6 nitrogen and oxygen atoms in total. The van der Waals surface area contributed by atoms with Crippen LogP contribution in [0.3, 0.4) is 0 Å². The monoisotopic (exact) mass is 394 g/mol. The number of rotatable bonds is 5. The Morgan fingerprint density at radius 2 is 1.54 bits per heavy atom. The van der Waals surface area contributed by atoms with E-state index in [4.69, 9.17) is 11.6 Å². The molecule has 0 bridgehead atoms. The van der Waals surface area contributed by atoms with Gasteiger partial charge < -0.3 is 16.0 Å². The van der Waals surface area contributed by atoms with E-state index in [0.29, 0.717) is 27.6 Å². The third-order valence-electron chi connectivity index (χ3n) is 3.92. The minimum absolute atomic E-state index is 0.126. The molecule has 3 aromatic rings. The molecule has 0 unspecified atom stereocenters. The number of hydrogen-bond donors (Lipinski definition) is 3. The number of carbonyl (C=O) groups is 2. The summed E-state index contributed by atoms with van der Waals surface area (Å²) in [7, 11) is 0. The lowest BCUT2D eigenvalue weighted by atomic mass is 10.2. The van der Waals surface area contributed by atoms with E-state index in [9.17, 15) is 9.59 Å². The van der Waals surface area contributed by atoms with Crippen molar-refractivity contribution >= 4 is 46.2 Å². The summed E-state index contributed by atoms with van der Waals surface area (Å²) in [6, 6.07) is 14.3. The highest BCUT2D eigenvalue weighted by atomic mass is 35.5. The number of carbonyl (C=O) groups excluding carboxylic acids is 2.